The van der Waals surface area contributed by atoms with Gasteiger partial charge in [-0.25, -0.2) is 19.4 Å². The zero-order valence-corrected chi connectivity index (χ0v) is 18.4. The third kappa shape index (κ3) is 6.41. The van der Waals surface area contributed by atoms with Gasteiger partial charge in [0.25, 0.3) is 0 Å². The molecule has 0 aliphatic carbocycles. The molecule has 3 aromatic rings. The second-order valence-electron chi connectivity index (χ2n) is 7.57. The van der Waals surface area contributed by atoms with Gasteiger partial charge in [0, 0.05) is 38.4 Å². The van der Waals surface area contributed by atoms with Crippen LogP contribution < -0.4 is 15.5 Å². The number of carbonyl (C=O) groups is 1. The van der Waals surface area contributed by atoms with E-state index in [4.69, 9.17) is 15.6 Å². The number of aromatic nitrogens is 5. The second kappa shape index (κ2) is 10.9. The monoisotopic (exact) mass is 478 g/mol. The van der Waals surface area contributed by atoms with Crippen LogP contribution in [0.15, 0.2) is 48.9 Å². The number of benzene rings is 1. The molecular weight excluding hydrogens is 453 g/mol. The van der Waals surface area contributed by atoms with Gasteiger partial charge in [-0.15, -0.1) is 5.10 Å². The maximum atomic E-state index is 10.6. The first kappa shape index (κ1) is 24.9. The molecule has 34 heavy (non-hydrogen) atoms. The van der Waals surface area contributed by atoms with E-state index in [0.29, 0.717) is 6.54 Å². The third-order valence-corrected chi connectivity index (χ3v) is 5.23. The first-order valence-electron chi connectivity index (χ1n) is 10.5. The molecular formula is C21H25F3N8O2. The number of carboxylic acids is 1. The predicted octanol–water partition coefficient (Wildman–Crippen LogP) is 2.77. The van der Waals surface area contributed by atoms with Gasteiger partial charge in [-0.05, 0) is 25.0 Å². The molecule has 182 valence electrons. The van der Waals surface area contributed by atoms with Crippen molar-refractivity contribution in [3.05, 3.63) is 54.6 Å². The molecule has 1 fully saturated rings. The Morgan fingerprint density at radius 3 is 2.59 bits per heavy atom. The second-order valence-corrected chi connectivity index (χ2v) is 7.57. The van der Waals surface area contributed by atoms with Crippen LogP contribution in [-0.4, -0.2) is 62.4 Å². The number of anilines is 3. The SMILES string of the molecule is CN(c1ccccc1)c1cc(N2CCCC(n3cc(CN)nn3)C2)ncn1.O=C(O)C(F)(F)F. The van der Waals surface area contributed by atoms with Crippen LogP contribution in [0, 0.1) is 0 Å². The van der Waals surface area contributed by atoms with E-state index in [1.54, 1.807) is 6.33 Å². The average Bonchev–Trinajstić information content (AvgIpc) is 3.34. The van der Waals surface area contributed by atoms with E-state index >= 15 is 0 Å². The van der Waals surface area contributed by atoms with Crippen molar-refractivity contribution in [3.63, 3.8) is 0 Å². The van der Waals surface area contributed by atoms with Crippen LogP contribution in [0.1, 0.15) is 24.6 Å². The molecule has 2 aromatic heterocycles. The van der Waals surface area contributed by atoms with Gasteiger partial charge in [0.15, 0.2) is 0 Å². The summed E-state index contributed by atoms with van der Waals surface area (Å²) >= 11 is 0. The van der Waals surface area contributed by atoms with Gasteiger partial charge in [-0.3, -0.25) is 0 Å². The highest BCUT2D eigenvalue weighted by Gasteiger charge is 2.38. The number of rotatable bonds is 5. The normalized spacial score (nSPS) is 15.9. The number of alkyl halides is 3. The van der Waals surface area contributed by atoms with Crippen LogP contribution in [0.3, 0.4) is 0 Å². The van der Waals surface area contributed by atoms with Crippen LogP contribution in [0.4, 0.5) is 30.5 Å². The van der Waals surface area contributed by atoms with Crippen molar-refractivity contribution in [3.8, 4) is 0 Å². The van der Waals surface area contributed by atoms with Gasteiger partial charge < -0.3 is 20.6 Å². The quantitative estimate of drug-likeness (QED) is 0.569. The molecule has 1 unspecified atom stereocenters. The summed E-state index contributed by atoms with van der Waals surface area (Å²) in [6, 6.07) is 12.5. The fraction of sp³-hybridized carbons (Fsp3) is 0.381. The molecule has 1 aliphatic rings. The summed E-state index contributed by atoms with van der Waals surface area (Å²) in [7, 11) is 2.02. The summed E-state index contributed by atoms with van der Waals surface area (Å²) in [5.41, 5.74) is 7.57. The Hall–Kier alpha value is -3.74. The number of nitrogens with two attached hydrogens (primary N) is 1. The molecule has 4 rings (SSSR count). The lowest BCUT2D eigenvalue weighted by molar-refractivity contribution is -0.192. The van der Waals surface area contributed by atoms with Crippen molar-refractivity contribution in [1.82, 2.24) is 25.0 Å². The van der Waals surface area contributed by atoms with Crippen molar-refractivity contribution in [2.75, 3.05) is 29.9 Å². The number of carboxylic acid groups (broad SMARTS) is 1. The van der Waals surface area contributed by atoms with E-state index in [1.165, 1.54) is 0 Å². The van der Waals surface area contributed by atoms with E-state index in [1.807, 2.05) is 42.2 Å². The van der Waals surface area contributed by atoms with Crippen molar-refractivity contribution < 1.29 is 23.1 Å². The number of aliphatic carboxylic acids is 1. The fourth-order valence-electron chi connectivity index (χ4n) is 3.44. The largest absolute Gasteiger partial charge is 0.490 e. The van der Waals surface area contributed by atoms with Gasteiger partial charge in [0.05, 0.1) is 17.9 Å². The van der Waals surface area contributed by atoms with Crippen LogP contribution >= 0.6 is 0 Å². The molecule has 0 amide bonds. The highest BCUT2D eigenvalue weighted by Crippen LogP contribution is 2.28. The van der Waals surface area contributed by atoms with E-state index in [-0.39, 0.29) is 6.04 Å². The zero-order valence-electron chi connectivity index (χ0n) is 18.4. The van der Waals surface area contributed by atoms with Crippen molar-refractivity contribution in [2.45, 2.75) is 31.6 Å². The fourth-order valence-corrected chi connectivity index (χ4v) is 3.44. The number of hydrogen-bond acceptors (Lipinski definition) is 8. The molecule has 0 radical (unpaired) electrons. The minimum absolute atomic E-state index is 0.275. The summed E-state index contributed by atoms with van der Waals surface area (Å²) in [6.45, 7) is 2.23. The standard InChI is InChI=1S/C19H24N8.C2HF3O2/c1-25(16-6-3-2-4-7-16)18-10-19(22-14-21-18)26-9-5-8-17(13-26)27-12-15(11-20)23-24-27;3-2(4,5)1(6)7/h2-4,6-7,10,12,14,17H,5,8-9,11,13,20H2,1H3;(H,6,7). The lowest BCUT2D eigenvalue weighted by Crippen LogP contribution is -2.37. The third-order valence-electron chi connectivity index (χ3n) is 5.23. The maximum Gasteiger partial charge on any atom is 0.490 e. The molecule has 1 atom stereocenters. The molecule has 0 spiro atoms. The van der Waals surface area contributed by atoms with Crippen molar-refractivity contribution >= 4 is 23.3 Å². The van der Waals surface area contributed by atoms with Crippen LogP contribution in [0.25, 0.3) is 0 Å². The first-order chi connectivity index (χ1) is 16.2. The molecule has 3 heterocycles. The number of piperidine rings is 1. The number of para-hydroxylation sites is 1. The average molecular weight is 478 g/mol. The maximum absolute atomic E-state index is 10.6. The molecule has 3 N–H and O–H groups in total. The van der Waals surface area contributed by atoms with E-state index in [9.17, 15) is 13.2 Å². The van der Waals surface area contributed by atoms with Crippen LogP contribution in [0.2, 0.25) is 0 Å². The molecule has 1 saturated heterocycles. The summed E-state index contributed by atoms with van der Waals surface area (Å²) < 4.78 is 33.7. The number of nitrogens with zero attached hydrogens (tertiary/aromatic N) is 7. The minimum Gasteiger partial charge on any atom is -0.475 e. The molecule has 13 heteroatoms. The van der Waals surface area contributed by atoms with Gasteiger partial charge in [0.2, 0.25) is 0 Å². The Bertz CT molecular complexity index is 1080. The smallest absolute Gasteiger partial charge is 0.475 e. The van der Waals surface area contributed by atoms with Crippen LogP contribution in [0.5, 0.6) is 0 Å². The van der Waals surface area contributed by atoms with E-state index < -0.39 is 12.1 Å². The van der Waals surface area contributed by atoms with Gasteiger partial charge in [0.1, 0.15) is 18.0 Å². The minimum atomic E-state index is -5.08. The van der Waals surface area contributed by atoms with Gasteiger partial charge >= 0.3 is 12.1 Å². The summed E-state index contributed by atoms with van der Waals surface area (Å²) in [5, 5.41) is 15.5. The highest BCUT2D eigenvalue weighted by molar-refractivity contribution is 5.73. The Morgan fingerprint density at radius 1 is 1.26 bits per heavy atom. The Morgan fingerprint density at radius 2 is 1.97 bits per heavy atom. The number of halogens is 3. The summed E-state index contributed by atoms with van der Waals surface area (Å²) in [6.07, 6.45) is 0.653. The number of hydrogen-bond donors (Lipinski definition) is 2. The lowest BCUT2D eigenvalue weighted by Gasteiger charge is -2.33. The van der Waals surface area contributed by atoms with E-state index in [2.05, 4.69) is 42.2 Å². The van der Waals surface area contributed by atoms with Crippen LogP contribution in [-0.2, 0) is 11.3 Å². The van der Waals surface area contributed by atoms with Gasteiger partial charge in [-0.1, -0.05) is 23.4 Å². The molecule has 0 bridgehead atoms. The zero-order chi connectivity index (χ0) is 24.7. The Labute approximate surface area is 193 Å². The Balaban J connectivity index is 0.000000406. The van der Waals surface area contributed by atoms with Crippen molar-refractivity contribution in [2.24, 2.45) is 5.73 Å². The van der Waals surface area contributed by atoms with E-state index in [0.717, 1.165) is 48.9 Å². The van der Waals surface area contributed by atoms with Crippen molar-refractivity contribution in [1.29, 1.82) is 0 Å². The summed E-state index contributed by atoms with van der Waals surface area (Å²) in [5.74, 6) is -0.946. The molecule has 0 saturated carbocycles. The first-order valence-corrected chi connectivity index (χ1v) is 10.5. The topological polar surface area (TPSA) is 126 Å². The summed E-state index contributed by atoms with van der Waals surface area (Å²) in [4.78, 5) is 22.2. The molecule has 10 nitrogen and oxygen atoms in total. The Kier molecular flexibility index (Phi) is 7.99. The predicted molar refractivity (Wildman–Crippen MR) is 119 cm³/mol. The lowest BCUT2D eigenvalue weighted by atomic mass is 10.1. The molecule has 1 aromatic carbocycles. The highest BCUT2D eigenvalue weighted by atomic mass is 19.4. The van der Waals surface area contributed by atoms with Gasteiger partial charge in [-0.2, -0.15) is 13.2 Å². The molecule has 1 aliphatic heterocycles.